The molecule has 1 fully saturated rings. The van der Waals surface area contributed by atoms with Crippen LogP contribution in [0.2, 0.25) is 0 Å². The minimum absolute atomic E-state index is 0.00931. The Morgan fingerprint density at radius 3 is 2.50 bits per heavy atom. The lowest BCUT2D eigenvalue weighted by molar-refractivity contribution is 0.269. The topological polar surface area (TPSA) is 63.4 Å². The highest BCUT2D eigenvalue weighted by Crippen LogP contribution is 2.29. The first-order valence-corrected chi connectivity index (χ1v) is 8.36. The highest BCUT2D eigenvalue weighted by molar-refractivity contribution is 7.89. The van der Waals surface area contributed by atoms with Crippen molar-refractivity contribution in [2.24, 2.45) is 5.92 Å². The lowest BCUT2D eigenvalue weighted by Crippen LogP contribution is -2.38. The van der Waals surface area contributed by atoms with E-state index in [1.165, 1.54) is 17.3 Å². The third-order valence-corrected chi connectivity index (χ3v) is 6.11. The lowest BCUT2D eigenvalue weighted by atomic mass is 9.96. The van der Waals surface area contributed by atoms with Crippen LogP contribution in [-0.2, 0) is 10.0 Å². The summed E-state index contributed by atoms with van der Waals surface area (Å²) in [7, 11) is -3.66. The number of nitrogen functional groups attached to an aromatic ring is 1. The number of benzene rings is 1. The van der Waals surface area contributed by atoms with E-state index in [0.717, 1.165) is 25.3 Å². The average molecular weight is 300 g/mol. The standard InChI is InChI=1S/C14H21FN2O2S/c1-3-11-4-6-17(7-5-11)20(18,19)14-9-12(16)8-13(15)10(14)2/h8-9,11H,3-7,16H2,1-2H3. The van der Waals surface area contributed by atoms with Gasteiger partial charge in [-0.1, -0.05) is 13.3 Å². The first-order chi connectivity index (χ1) is 9.36. The van der Waals surface area contributed by atoms with E-state index in [4.69, 9.17) is 5.73 Å². The molecule has 1 aromatic rings. The van der Waals surface area contributed by atoms with E-state index in [1.54, 1.807) is 0 Å². The van der Waals surface area contributed by atoms with Gasteiger partial charge in [0.15, 0.2) is 0 Å². The van der Waals surface area contributed by atoms with Crippen molar-refractivity contribution in [1.82, 2.24) is 4.31 Å². The van der Waals surface area contributed by atoms with Gasteiger partial charge in [-0.25, -0.2) is 12.8 Å². The van der Waals surface area contributed by atoms with Gasteiger partial charge in [0, 0.05) is 24.3 Å². The van der Waals surface area contributed by atoms with Crippen LogP contribution in [0.3, 0.4) is 0 Å². The zero-order valence-electron chi connectivity index (χ0n) is 11.9. The SMILES string of the molecule is CCC1CCN(S(=O)(=O)c2cc(N)cc(F)c2C)CC1. The minimum atomic E-state index is -3.66. The van der Waals surface area contributed by atoms with Crippen LogP contribution in [0, 0.1) is 18.7 Å². The summed E-state index contributed by atoms with van der Waals surface area (Å²) in [5.41, 5.74) is 5.85. The Hall–Kier alpha value is -1.14. The molecule has 0 aromatic heterocycles. The third kappa shape index (κ3) is 2.81. The Balaban J connectivity index is 2.32. The Bertz CT molecular complexity index is 593. The minimum Gasteiger partial charge on any atom is -0.399 e. The van der Waals surface area contributed by atoms with Gasteiger partial charge in [0.1, 0.15) is 5.82 Å². The van der Waals surface area contributed by atoms with Crippen LogP contribution in [-0.4, -0.2) is 25.8 Å². The first-order valence-electron chi connectivity index (χ1n) is 6.92. The van der Waals surface area contributed by atoms with E-state index >= 15 is 0 Å². The molecule has 0 saturated carbocycles. The maximum atomic E-state index is 13.7. The van der Waals surface area contributed by atoms with Crippen LogP contribution in [0.5, 0.6) is 0 Å². The molecule has 0 radical (unpaired) electrons. The molecule has 0 amide bonds. The van der Waals surface area contributed by atoms with Gasteiger partial charge in [-0.15, -0.1) is 0 Å². The van der Waals surface area contributed by atoms with Gasteiger partial charge in [0.05, 0.1) is 4.90 Å². The van der Waals surface area contributed by atoms with Gasteiger partial charge in [0.25, 0.3) is 0 Å². The maximum Gasteiger partial charge on any atom is 0.243 e. The second-order valence-electron chi connectivity index (χ2n) is 5.38. The van der Waals surface area contributed by atoms with Crippen molar-refractivity contribution in [1.29, 1.82) is 0 Å². The van der Waals surface area contributed by atoms with Gasteiger partial charge in [-0.05, 0) is 37.8 Å². The summed E-state index contributed by atoms with van der Waals surface area (Å²) in [6.45, 7) is 4.58. The number of anilines is 1. The monoisotopic (exact) mass is 300 g/mol. The van der Waals surface area contributed by atoms with Crippen LogP contribution in [0.25, 0.3) is 0 Å². The fourth-order valence-electron chi connectivity index (χ4n) is 2.64. The molecule has 0 atom stereocenters. The fraction of sp³-hybridized carbons (Fsp3) is 0.571. The highest BCUT2D eigenvalue weighted by atomic mass is 32.2. The molecule has 1 saturated heterocycles. The highest BCUT2D eigenvalue weighted by Gasteiger charge is 2.30. The number of rotatable bonds is 3. The summed E-state index contributed by atoms with van der Waals surface area (Å²) in [6.07, 6.45) is 2.79. The Labute approximate surface area is 119 Å². The van der Waals surface area contributed by atoms with Crippen molar-refractivity contribution >= 4 is 15.7 Å². The summed E-state index contributed by atoms with van der Waals surface area (Å²) in [5.74, 6) is 0.00662. The summed E-state index contributed by atoms with van der Waals surface area (Å²) < 4.78 is 40.4. The molecular formula is C14H21FN2O2S. The average Bonchev–Trinajstić information content (AvgIpc) is 2.42. The first kappa shape index (κ1) is 15.3. The molecule has 6 heteroatoms. The van der Waals surface area contributed by atoms with Crippen molar-refractivity contribution in [2.75, 3.05) is 18.8 Å². The molecule has 2 N–H and O–H groups in total. The van der Waals surface area contributed by atoms with Crippen LogP contribution in [0.15, 0.2) is 17.0 Å². The zero-order chi connectivity index (χ0) is 14.9. The van der Waals surface area contributed by atoms with Crippen LogP contribution >= 0.6 is 0 Å². The summed E-state index contributed by atoms with van der Waals surface area (Å²) in [4.78, 5) is -0.00931. The normalized spacial score (nSPS) is 18.4. The van der Waals surface area contributed by atoms with E-state index in [2.05, 4.69) is 6.92 Å². The maximum absolute atomic E-state index is 13.7. The molecule has 2 rings (SSSR count). The largest absolute Gasteiger partial charge is 0.399 e. The summed E-state index contributed by atoms with van der Waals surface area (Å²) in [6, 6.07) is 2.50. The number of nitrogens with two attached hydrogens (primary N) is 1. The number of hydrogen-bond acceptors (Lipinski definition) is 3. The second kappa shape index (κ2) is 5.69. The molecule has 20 heavy (non-hydrogen) atoms. The van der Waals surface area contributed by atoms with E-state index < -0.39 is 15.8 Å². The van der Waals surface area contributed by atoms with Crippen molar-refractivity contribution in [3.05, 3.63) is 23.5 Å². The predicted molar refractivity (Wildman–Crippen MR) is 77.3 cm³/mol. The van der Waals surface area contributed by atoms with Crippen LogP contribution in [0.1, 0.15) is 31.7 Å². The van der Waals surface area contributed by atoms with E-state index in [1.807, 2.05) is 0 Å². The van der Waals surface area contributed by atoms with E-state index in [0.29, 0.717) is 19.0 Å². The molecule has 0 bridgehead atoms. The molecule has 1 heterocycles. The molecule has 0 spiro atoms. The van der Waals surface area contributed by atoms with Crippen molar-refractivity contribution < 1.29 is 12.8 Å². The Morgan fingerprint density at radius 2 is 1.95 bits per heavy atom. The number of hydrogen-bond donors (Lipinski definition) is 1. The van der Waals surface area contributed by atoms with Gasteiger partial charge >= 0.3 is 0 Å². The van der Waals surface area contributed by atoms with Crippen molar-refractivity contribution in [2.45, 2.75) is 38.0 Å². The zero-order valence-corrected chi connectivity index (χ0v) is 12.7. The Kier molecular flexibility index (Phi) is 4.34. The molecular weight excluding hydrogens is 279 g/mol. The molecule has 0 aliphatic carbocycles. The van der Waals surface area contributed by atoms with Gasteiger partial charge in [0.2, 0.25) is 10.0 Å². The number of piperidine rings is 1. The van der Waals surface area contributed by atoms with Gasteiger partial charge in [-0.2, -0.15) is 4.31 Å². The van der Waals surface area contributed by atoms with Crippen LogP contribution < -0.4 is 5.73 Å². The fourth-order valence-corrected chi connectivity index (χ4v) is 4.38. The second-order valence-corrected chi connectivity index (χ2v) is 7.29. The quantitative estimate of drug-likeness (QED) is 0.872. The lowest BCUT2D eigenvalue weighted by Gasteiger charge is -2.31. The summed E-state index contributed by atoms with van der Waals surface area (Å²) in [5, 5.41) is 0. The van der Waals surface area contributed by atoms with Crippen LogP contribution in [0.4, 0.5) is 10.1 Å². The molecule has 112 valence electrons. The molecule has 4 nitrogen and oxygen atoms in total. The molecule has 1 aliphatic rings. The molecule has 1 aromatic carbocycles. The van der Waals surface area contributed by atoms with E-state index in [9.17, 15) is 12.8 Å². The van der Waals surface area contributed by atoms with Gasteiger partial charge in [-0.3, -0.25) is 0 Å². The molecule has 1 aliphatic heterocycles. The van der Waals surface area contributed by atoms with Gasteiger partial charge < -0.3 is 5.73 Å². The third-order valence-electron chi connectivity index (χ3n) is 4.09. The number of halogens is 1. The Morgan fingerprint density at radius 1 is 1.35 bits per heavy atom. The number of sulfonamides is 1. The predicted octanol–water partition coefficient (Wildman–Crippen LogP) is 2.53. The molecule has 0 unspecified atom stereocenters. The van der Waals surface area contributed by atoms with Crippen molar-refractivity contribution in [3.8, 4) is 0 Å². The number of nitrogens with zero attached hydrogens (tertiary/aromatic N) is 1. The van der Waals surface area contributed by atoms with Crippen molar-refractivity contribution in [3.63, 3.8) is 0 Å². The summed E-state index contributed by atoms with van der Waals surface area (Å²) >= 11 is 0. The van der Waals surface area contributed by atoms with E-state index in [-0.39, 0.29) is 16.1 Å². The smallest absolute Gasteiger partial charge is 0.243 e.